The molecule has 2 amide bonds. The highest BCUT2D eigenvalue weighted by atomic mass is 32.1. The van der Waals surface area contributed by atoms with Crippen LogP contribution in [-0.4, -0.2) is 50.8 Å². The maximum absolute atomic E-state index is 12.4. The molecule has 28 heavy (non-hydrogen) atoms. The third kappa shape index (κ3) is 5.26. The van der Waals surface area contributed by atoms with Crippen molar-refractivity contribution < 1.29 is 14.3 Å². The van der Waals surface area contributed by atoms with Crippen LogP contribution in [-0.2, 0) is 11.2 Å². The van der Waals surface area contributed by atoms with Crippen LogP contribution in [0.15, 0.2) is 5.38 Å². The Balaban J connectivity index is 1.54. The van der Waals surface area contributed by atoms with Gasteiger partial charge in [0.05, 0.1) is 5.01 Å². The molecule has 0 aliphatic carbocycles. The topological polar surface area (TPSA) is 97.3 Å². The van der Waals surface area contributed by atoms with Gasteiger partial charge in [-0.3, -0.25) is 10.1 Å². The maximum atomic E-state index is 12.4. The van der Waals surface area contributed by atoms with E-state index in [-0.39, 0.29) is 17.9 Å². The molecule has 3 heterocycles. The van der Waals surface area contributed by atoms with Crippen LogP contribution in [0.2, 0.25) is 0 Å². The predicted molar refractivity (Wildman–Crippen MR) is 109 cm³/mol. The Morgan fingerprint density at radius 1 is 1.29 bits per heavy atom. The van der Waals surface area contributed by atoms with Crippen LogP contribution in [0.25, 0.3) is 0 Å². The van der Waals surface area contributed by atoms with Gasteiger partial charge in [-0.05, 0) is 40.0 Å². The van der Waals surface area contributed by atoms with E-state index in [2.05, 4.69) is 20.5 Å². The average Bonchev–Trinajstić information content (AvgIpc) is 3.30. The number of anilines is 1. The lowest BCUT2D eigenvalue weighted by molar-refractivity contribution is 0.0205. The molecule has 1 aliphatic heterocycles. The number of aryl methyl sites for hydroxylation is 1. The number of thiazole rings is 1. The highest BCUT2D eigenvalue weighted by molar-refractivity contribution is 7.15. The third-order valence-electron chi connectivity index (χ3n) is 4.24. The monoisotopic (exact) mass is 423 g/mol. The van der Waals surface area contributed by atoms with Crippen molar-refractivity contribution in [2.24, 2.45) is 0 Å². The summed E-state index contributed by atoms with van der Waals surface area (Å²) in [6.07, 6.45) is 2.14. The number of ether oxygens (including phenoxy) is 1. The minimum Gasteiger partial charge on any atom is -0.444 e. The molecule has 1 fully saturated rings. The Hall–Kier alpha value is -2.07. The van der Waals surface area contributed by atoms with Gasteiger partial charge in [0.15, 0.2) is 0 Å². The van der Waals surface area contributed by atoms with Crippen LogP contribution >= 0.6 is 22.7 Å². The van der Waals surface area contributed by atoms with Gasteiger partial charge in [-0.15, -0.1) is 21.5 Å². The van der Waals surface area contributed by atoms with Gasteiger partial charge in [-0.1, -0.05) is 18.3 Å². The molecule has 1 aliphatic rings. The Morgan fingerprint density at radius 3 is 2.61 bits per heavy atom. The number of hydrogen-bond acceptors (Lipinski definition) is 8. The number of likely N-dealkylation sites (tertiary alicyclic amines) is 1. The van der Waals surface area contributed by atoms with E-state index in [0.717, 1.165) is 29.3 Å². The second-order valence-electron chi connectivity index (χ2n) is 7.62. The van der Waals surface area contributed by atoms with E-state index in [1.54, 1.807) is 10.3 Å². The minimum absolute atomic E-state index is 0.249. The normalized spacial score (nSPS) is 15.5. The molecular formula is C18H25N5O3S2. The van der Waals surface area contributed by atoms with E-state index in [1.165, 1.54) is 22.7 Å². The van der Waals surface area contributed by atoms with E-state index in [9.17, 15) is 9.59 Å². The van der Waals surface area contributed by atoms with Crippen LogP contribution in [0, 0.1) is 0 Å². The van der Waals surface area contributed by atoms with Crippen LogP contribution in [0.3, 0.4) is 0 Å². The molecular weight excluding hydrogens is 398 g/mol. The fourth-order valence-electron chi connectivity index (χ4n) is 2.82. The van der Waals surface area contributed by atoms with Crippen molar-refractivity contribution in [1.82, 2.24) is 20.1 Å². The van der Waals surface area contributed by atoms with E-state index < -0.39 is 5.60 Å². The first-order valence-corrected chi connectivity index (χ1v) is 11.0. The van der Waals surface area contributed by atoms with E-state index >= 15 is 0 Å². The van der Waals surface area contributed by atoms with Crippen molar-refractivity contribution in [2.75, 3.05) is 18.4 Å². The zero-order valence-corrected chi connectivity index (χ0v) is 18.2. The molecule has 1 saturated heterocycles. The van der Waals surface area contributed by atoms with Crippen molar-refractivity contribution in [1.29, 1.82) is 0 Å². The van der Waals surface area contributed by atoms with Crippen molar-refractivity contribution >= 4 is 39.8 Å². The van der Waals surface area contributed by atoms with Crippen LogP contribution < -0.4 is 5.32 Å². The van der Waals surface area contributed by atoms with Crippen molar-refractivity contribution in [2.45, 2.75) is 58.5 Å². The first kappa shape index (κ1) is 20.7. The first-order chi connectivity index (χ1) is 13.2. The molecule has 2 aromatic rings. The average molecular weight is 424 g/mol. The quantitative estimate of drug-likeness (QED) is 0.800. The van der Waals surface area contributed by atoms with Gasteiger partial charge < -0.3 is 9.64 Å². The number of nitrogens with one attached hydrogen (secondary N) is 1. The lowest BCUT2D eigenvalue weighted by Crippen LogP contribution is -2.41. The van der Waals surface area contributed by atoms with Crippen molar-refractivity contribution in [3.63, 3.8) is 0 Å². The van der Waals surface area contributed by atoms with Gasteiger partial charge in [-0.25, -0.2) is 9.78 Å². The molecule has 0 aromatic carbocycles. The summed E-state index contributed by atoms with van der Waals surface area (Å²) in [6, 6.07) is 0. The zero-order valence-electron chi connectivity index (χ0n) is 16.5. The molecule has 2 aromatic heterocycles. The van der Waals surface area contributed by atoms with Gasteiger partial charge in [0.25, 0.3) is 5.91 Å². The number of aromatic nitrogens is 3. The van der Waals surface area contributed by atoms with Gasteiger partial charge in [0, 0.05) is 24.4 Å². The zero-order chi connectivity index (χ0) is 20.3. The summed E-state index contributed by atoms with van der Waals surface area (Å²) in [7, 11) is 0. The molecule has 1 N–H and O–H groups in total. The lowest BCUT2D eigenvalue weighted by atomic mass is 9.98. The molecule has 3 rings (SSSR count). The largest absolute Gasteiger partial charge is 0.444 e. The molecule has 0 atom stereocenters. The minimum atomic E-state index is -0.490. The number of carbonyl (C=O) groups is 2. The van der Waals surface area contributed by atoms with E-state index in [4.69, 9.17) is 4.74 Å². The number of amides is 2. The fourth-order valence-corrected chi connectivity index (χ4v) is 4.47. The second-order valence-corrected chi connectivity index (χ2v) is 9.57. The van der Waals surface area contributed by atoms with Gasteiger partial charge in [0.2, 0.25) is 5.13 Å². The Labute approximate surface area is 172 Å². The van der Waals surface area contributed by atoms with Gasteiger partial charge >= 0.3 is 6.09 Å². The lowest BCUT2D eigenvalue weighted by Gasteiger charge is -2.32. The number of nitrogens with zero attached hydrogens (tertiary/aromatic N) is 4. The summed E-state index contributed by atoms with van der Waals surface area (Å²) < 4.78 is 5.43. The molecule has 0 spiro atoms. The predicted octanol–water partition coefficient (Wildman–Crippen LogP) is 3.92. The standard InChI is InChI=1S/C18H25N5O3S2/c1-5-13-21-22-16(28-13)20-14(24)12-10-27-15(19-12)11-6-8-23(9-7-11)17(25)26-18(2,3)4/h10-11H,5-9H2,1-4H3,(H,20,22,24). The SMILES string of the molecule is CCc1nnc(NC(=O)c2csc(C3CCN(C(=O)OC(C)(C)C)CC3)n2)s1. The summed E-state index contributed by atoms with van der Waals surface area (Å²) in [4.78, 5) is 30.8. The number of rotatable bonds is 4. The number of hydrogen-bond donors (Lipinski definition) is 1. The summed E-state index contributed by atoms with van der Waals surface area (Å²) in [5.74, 6) is -0.0223. The molecule has 0 saturated carbocycles. The molecule has 152 valence electrons. The van der Waals surface area contributed by atoms with Crippen LogP contribution in [0.5, 0.6) is 0 Å². The summed E-state index contributed by atoms with van der Waals surface area (Å²) >= 11 is 2.85. The molecule has 0 unspecified atom stereocenters. The number of carbonyl (C=O) groups excluding carboxylic acids is 2. The Morgan fingerprint density at radius 2 is 2.00 bits per heavy atom. The third-order valence-corrected chi connectivity index (χ3v) is 6.23. The molecule has 0 radical (unpaired) electrons. The van der Waals surface area contributed by atoms with Gasteiger partial charge in [-0.2, -0.15) is 0 Å². The summed E-state index contributed by atoms with van der Waals surface area (Å²) in [6.45, 7) is 8.85. The molecule has 8 nitrogen and oxygen atoms in total. The summed E-state index contributed by atoms with van der Waals surface area (Å²) in [5, 5.41) is 14.8. The molecule has 10 heteroatoms. The molecule has 0 bridgehead atoms. The van der Waals surface area contributed by atoms with Crippen molar-refractivity contribution in [3.8, 4) is 0 Å². The maximum Gasteiger partial charge on any atom is 0.410 e. The summed E-state index contributed by atoms with van der Waals surface area (Å²) in [5.41, 5.74) is -0.0982. The fraction of sp³-hybridized carbons (Fsp3) is 0.611. The van der Waals surface area contributed by atoms with Crippen LogP contribution in [0.1, 0.15) is 67.0 Å². The van der Waals surface area contributed by atoms with E-state index in [1.807, 2.05) is 27.7 Å². The highest BCUT2D eigenvalue weighted by Crippen LogP contribution is 2.31. The highest BCUT2D eigenvalue weighted by Gasteiger charge is 2.29. The Bertz CT molecular complexity index is 834. The van der Waals surface area contributed by atoms with Crippen LogP contribution in [0.4, 0.5) is 9.93 Å². The Kier molecular flexibility index (Phi) is 6.29. The van der Waals surface area contributed by atoms with E-state index in [0.29, 0.717) is 23.9 Å². The number of piperidine rings is 1. The van der Waals surface area contributed by atoms with Gasteiger partial charge in [0.1, 0.15) is 16.3 Å². The smallest absolute Gasteiger partial charge is 0.410 e. The van der Waals surface area contributed by atoms with Crippen molar-refractivity contribution in [3.05, 3.63) is 21.1 Å². The second kappa shape index (κ2) is 8.52. The first-order valence-electron chi connectivity index (χ1n) is 9.32.